The van der Waals surface area contributed by atoms with Gasteiger partial charge in [0.2, 0.25) is 5.95 Å². The van der Waals surface area contributed by atoms with Crippen LogP contribution in [0.3, 0.4) is 0 Å². The minimum absolute atomic E-state index is 0.420. The number of hydrogen-bond acceptors (Lipinski definition) is 8. The molecule has 1 aliphatic carbocycles. The predicted molar refractivity (Wildman–Crippen MR) is 126 cm³/mol. The number of amides is 1. The quantitative estimate of drug-likeness (QED) is 0.334. The minimum atomic E-state index is -1.11. The Morgan fingerprint density at radius 1 is 1.06 bits per heavy atom. The van der Waals surface area contributed by atoms with E-state index in [0.29, 0.717) is 29.1 Å². The van der Waals surface area contributed by atoms with Gasteiger partial charge in [-0.2, -0.15) is 4.98 Å². The van der Waals surface area contributed by atoms with Crippen molar-refractivity contribution in [3.05, 3.63) is 48.8 Å². The highest BCUT2D eigenvalue weighted by atomic mass is 16.4. The van der Waals surface area contributed by atoms with Gasteiger partial charge in [-0.05, 0) is 49.1 Å². The van der Waals surface area contributed by atoms with Crippen LogP contribution < -0.4 is 26.2 Å². The number of carboxylic acid groups (broad SMARTS) is 1. The van der Waals surface area contributed by atoms with Crippen molar-refractivity contribution in [3.8, 4) is 0 Å². The number of hydrogen-bond donors (Lipinski definition) is 5. The van der Waals surface area contributed by atoms with E-state index >= 15 is 0 Å². The van der Waals surface area contributed by atoms with E-state index in [4.69, 9.17) is 5.11 Å². The molecule has 0 saturated heterocycles. The van der Waals surface area contributed by atoms with Gasteiger partial charge in [0.05, 0.1) is 23.8 Å². The van der Waals surface area contributed by atoms with Crippen LogP contribution in [0.5, 0.6) is 0 Å². The van der Waals surface area contributed by atoms with Crippen LogP contribution in [0.15, 0.2) is 48.8 Å². The fraction of sp³-hybridized carbons (Fsp3) is 0.273. The Kier molecular flexibility index (Phi) is 6.20. The molecule has 2 aromatic heterocycles. The zero-order valence-electron chi connectivity index (χ0n) is 18.0. The highest BCUT2D eigenvalue weighted by Gasteiger charge is 2.21. The maximum absolute atomic E-state index is 10.9. The highest BCUT2D eigenvalue weighted by Crippen LogP contribution is 2.31. The molecule has 1 amide bonds. The van der Waals surface area contributed by atoms with E-state index in [1.165, 1.54) is 12.8 Å². The van der Waals surface area contributed by atoms with E-state index in [0.717, 1.165) is 23.7 Å². The first-order valence-corrected chi connectivity index (χ1v) is 10.3. The maximum atomic E-state index is 10.9. The van der Waals surface area contributed by atoms with Gasteiger partial charge in [-0.3, -0.25) is 5.32 Å². The molecule has 1 fully saturated rings. The minimum Gasteiger partial charge on any atom is -0.465 e. The van der Waals surface area contributed by atoms with Crippen LogP contribution in [-0.4, -0.2) is 46.8 Å². The molecular formula is C22H26N8O2. The fourth-order valence-electron chi connectivity index (χ4n) is 3.03. The predicted octanol–water partition coefficient (Wildman–Crippen LogP) is 4.34. The van der Waals surface area contributed by atoms with Crippen molar-refractivity contribution in [1.82, 2.24) is 15.0 Å². The molecule has 0 bridgehead atoms. The monoisotopic (exact) mass is 434 g/mol. The van der Waals surface area contributed by atoms with Crippen molar-refractivity contribution < 1.29 is 9.90 Å². The normalized spacial score (nSPS) is 12.7. The summed E-state index contributed by atoms with van der Waals surface area (Å²) >= 11 is 0. The summed E-state index contributed by atoms with van der Waals surface area (Å²) in [6.07, 6.45) is 4.81. The molecule has 0 aliphatic heterocycles. The van der Waals surface area contributed by atoms with Gasteiger partial charge in [0, 0.05) is 32.0 Å². The number of anilines is 7. The fourth-order valence-corrected chi connectivity index (χ4v) is 3.03. The molecule has 0 radical (unpaired) electrons. The van der Waals surface area contributed by atoms with Crippen molar-refractivity contribution in [3.63, 3.8) is 0 Å². The van der Waals surface area contributed by atoms with E-state index in [9.17, 15) is 4.79 Å². The Hall–Kier alpha value is -4.08. The van der Waals surface area contributed by atoms with Crippen molar-refractivity contribution in [2.24, 2.45) is 5.92 Å². The molecule has 1 saturated carbocycles. The largest absolute Gasteiger partial charge is 0.465 e. The second kappa shape index (κ2) is 9.38. The van der Waals surface area contributed by atoms with E-state index in [1.807, 2.05) is 37.2 Å². The van der Waals surface area contributed by atoms with Crippen molar-refractivity contribution in [2.75, 3.05) is 46.8 Å². The number of benzene rings is 1. The number of nitrogens with zero attached hydrogens (tertiary/aromatic N) is 4. The Bertz CT molecular complexity index is 1080. The smallest absolute Gasteiger partial charge is 0.409 e. The van der Waals surface area contributed by atoms with E-state index in [-0.39, 0.29) is 0 Å². The molecule has 5 N–H and O–H groups in total. The van der Waals surface area contributed by atoms with Crippen LogP contribution in [0.4, 0.5) is 45.1 Å². The Morgan fingerprint density at radius 3 is 2.56 bits per heavy atom. The van der Waals surface area contributed by atoms with Crippen LogP contribution in [0.1, 0.15) is 12.8 Å². The van der Waals surface area contributed by atoms with Crippen LogP contribution in [0.2, 0.25) is 0 Å². The second-order valence-electron chi connectivity index (χ2n) is 7.84. The SMILES string of the molecule is CN(C)c1ccc(Nc2ncc(NCC3CC3)c(Nc3cccc(NC(=O)O)c3)n2)cn1. The summed E-state index contributed by atoms with van der Waals surface area (Å²) in [4.78, 5) is 26.3. The summed E-state index contributed by atoms with van der Waals surface area (Å²) in [5.74, 6) is 2.55. The molecule has 1 aliphatic rings. The number of rotatable bonds is 9. The van der Waals surface area contributed by atoms with Gasteiger partial charge in [0.1, 0.15) is 5.82 Å². The molecule has 0 unspecified atom stereocenters. The number of pyridine rings is 1. The first-order valence-electron chi connectivity index (χ1n) is 10.3. The second-order valence-corrected chi connectivity index (χ2v) is 7.84. The molecule has 32 heavy (non-hydrogen) atoms. The van der Waals surface area contributed by atoms with Crippen LogP contribution >= 0.6 is 0 Å². The van der Waals surface area contributed by atoms with E-state index < -0.39 is 6.09 Å². The maximum Gasteiger partial charge on any atom is 0.409 e. The van der Waals surface area contributed by atoms with Crippen LogP contribution in [0, 0.1) is 5.92 Å². The molecular weight excluding hydrogens is 408 g/mol. The average molecular weight is 435 g/mol. The van der Waals surface area contributed by atoms with Gasteiger partial charge in [-0.25, -0.2) is 14.8 Å². The van der Waals surface area contributed by atoms with Gasteiger partial charge >= 0.3 is 6.09 Å². The summed E-state index contributed by atoms with van der Waals surface area (Å²) in [7, 11) is 3.87. The third-order valence-corrected chi connectivity index (χ3v) is 4.91. The lowest BCUT2D eigenvalue weighted by Gasteiger charge is -2.15. The summed E-state index contributed by atoms with van der Waals surface area (Å²) in [6, 6.07) is 10.8. The van der Waals surface area contributed by atoms with Gasteiger partial charge < -0.3 is 26.0 Å². The molecule has 0 atom stereocenters. The van der Waals surface area contributed by atoms with E-state index in [1.54, 1.807) is 30.6 Å². The lowest BCUT2D eigenvalue weighted by molar-refractivity contribution is 0.210. The van der Waals surface area contributed by atoms with Gasteiger partial charge in [-0.1, -0.05) is 6.07 Å². The lowest BCUT2D eigenvalue weighted by Crippen LogP contribution is -2.11. The number of aromatic nitrogens is 3. The van der Waals surface area contributed by atoms with Crippen molar-refractivity contribution in [1.29, 1.82) is 0 Å². The summed E-state index contributed by atoms with van der Waals surface area (Å²) in [5.41, 5.74) is 2.72. The Balaban J connectivity index is 1.55. The summed E-state index contributed by atoms with van der Waals surface area (Å²) < 4.78 is 0. The average Bonchev–Trinajstić information content (AvgIpc) is 3.58. The highest BCUT2D eigenvalue weighted by molar-refractivity contribution is 5.84. The zero-order valence-corrected chi connectivity index (χ0v) is 18.0. The molecule has 2 heterocycles. The molecule has 10 heteroatoms. The standard InChI is InChI=1S/C22H26N8O2/c1-30(2)19-9-8-17(12-24-19)27-21-25-13-18(23-11-14-6-7-14)20(29-21)26-15-4-3-5-16(10-15)28-22(31)32/h3-5,8-10,12-14,23,28H,6-7,11H2,1-2H3,(H,31,32)(H2,25,26,27,29). The van der Waals surface area contributed by atoms with Crippen molar-refractivity contribution in [2.45, 2.75) is 12.8 Å². The van der Waals surface area contributed by atoms with Gasteiger partial charge in [0.25, 0.3) is 0 Å². The number of nitrogens with one attached hydrogen (secondary N) is 4. The van der Waals surface area contributed by atoms with Crippen LogP contribution in [0.25, 0.3) is 0 Å². The zero-order chi connectivity index (χ0) is 22.5. The Morgan fingerprint density at radius 2 is 1.88 bits per heavy atom. The summed E-state index contributed by atoms with van der Waals surface area (Å²) in [6.45, 7) is 0.862. The molecule has 0 spiro atoms. The topological polar surface area (TPSA) is 127 Å². The number of carbonyl (C=O) groups is 1. The molecule has 3 aromatic rings. The summed E-state index contributed by atoms with van der Waals surface area (Å²) in [5, 5.41) is 21.2. The molecule has 1 aromatic carbocycles. The third-order valence-electron chi connectivity index (χ3n) is 4.91. The lowest BCUT2D eigenvalue weighted by atomic mass is 10.2. The molecule has 166 valence electrons. The first-order chi connectivity index (χ1) is 15.5. The molecule has 4 rings (SSSR count). The van der Waals surface area contributed by atoms with Gasteiger partial charge in [0.15, 0.2) is 5.82 Å². The van der Waals surface area contributed by atoms with E-state index in [2.05, 4.69) is 36.2 Å². The first kappa shape index (κ1) is 21.2. The Labute approximate surface area is 186 Å². The molecule has 10 nitrogen and oxygen atoms in total. The van der Waals surface area contributed by atoms with Crippen LogP contribution in [-0.2, 0) is 0 Å². The third kappa shape index (κ3) is 5.75. The van der Waals surface area contributed by atoms with Crippen molar-refractivity contribution >= 4 is 46.4 Å². The van der Waals surface area contributed by atoms with Gasteiger partial charge in [-0.15, -0.1) is 0 Å².